The van der Waals surface area contributed by atoms with Crippen LogP contribution in [-0.2, 0) is 4.74 Å². The van der Waals surface area contributed by atoms with Crippen LogP contribution in [0.1, 0.15) is 98.8 Å². The van der Waals surface area contributed by atoms with Gasteiger partial charge in [0.25, 0.3) is 0 Å². The normalized spacial score (nSPS) is 62.5. The first kappa shape index (κ1) is 20.5. The number of fused-ring (bicyclic) bond motifs is 7. The van der Waals surface area contributed by atoms with E-state index in [-0.39, 0.29) is 5.72 Å². The molecule has 4 aliphatic carbocycles. The molecule has 4 saturated carbocycles. The van der Waals surface area contributed by atoms with Crippen molar-refractivity contribution < 1.29 is 4.74 Å². The molecule has 170 valence electrons. The number of piperidine rings is 1. The van der Waals surface area contributed by atoms with Gasteiger partial charge in [0.15, 0.2) is 0 Å². The molecule has 2 nitrogen and oxygen atoms in total. The van der Waals surface area contributed by atoms with Crippen LogP contribution in [0.2, 0.25) is 0 Å². The fourth-order valence-corrected chi connectivity index (χ4v) is 10.7. The lowest BCUT2D eigenvalue weighted by atomic mass is 9.44. The molecule has 2 heterocycles. The first-order chi connectivity index (χ1) is 14.3. The maximum atomic E-state index is 7.05. The highest BCUT2D eigenvalue weighted by Crippen LogP contribution is 2.71. The average Bonchev–Trinajstić information content (AvgIpc) is 3.16. The molecule has 6 fully saturated rings. The molecule has 0 aromatic rings. The standard InChI is InChI=1S/C28H47NO/c1-17-8-11-26(4)20(14-17)6-7-21-22(26)10-12-27(5)23(21)15-24-25(27)19(3)28(30-24)13-9-18(2)16-29-28/h17-25,29H,6-16H2,1-5H3/t17-,18-,19-,20-,21+,22-,23-,24-,25-,26-,27-,28-/m0/s1. The Hall–Kier alpha value is -0.0800. The Kier molecular flexibility index (Phi) is 4.60. The monoisotopic (exact) mass is 413 g/mol. The Labute approximate surface area is 185 Å². The van der Waals surface area contributed by atoms with Crippen LogP contribution in [0.3, 0.4) is 0 Å². The minimum absolute atomic E-state index is 0.00415. The third-order valence-electron chi connectivity index (χ3n) is 12.4. The highest BCUT2D eigenvalue weighted by molar-refractivity contribution is 5.16. The van der Waals surface area contributed by atoms with Crippen LogP contribution in [0.4, 0.5) is 0 Å². The molecule has 12 atom stereocenters. The number of rotatable bonds is 0. The molecule has 0 amide bonds. The Morgan fingerprint density at radius 1 is 0.767 bits per heavy atom. The van der Waals surface area contributed by atoms with Crippen molar-refractivity contribution in [2.75, 3.05) is 6.54 Å². The highest BCUT2D eigenvalue weighted by Gasteiger charge is 2.68. The van der Waals surface area contributed by atoms with Crippen LogP contribution in [0.15, 0.2) is 0 Å². The second-order valence-corrected chi connectivity index (χ2v) is 13.7. The lowest BCUT2D eigenvalue weighted by Crippen LogP contribution is -2.57. The third kappa shape index (κ3) is 2.62. The van der Waals surface area contributed by atoms with Gasteiger partial charge in [0.05, 0.1) is 6.10 Å². The van der Waals surface area contributed by atoms with Crippen LogP contribution in [0.25, 0.3) is 0 Å². The summed E-state index contributed by atoms with van der Waals surface area (Å²) in [7, 11) is 0. The summed E-state index contributed by atoms with van der Waals surface area (Å²) in [5, 5.41) is 3.92. The zero-order valence-electron chi connectivity index (χ0n) is 20.4. The molecule has 0 radical (unpaired) electrons. The molecule has 0 aromatic carbocycles. The van der Waals surface area contributed by atoms with E-state index in [1.54, 1.807) is 0 Å². The van der Waals surface area contributed by atoms with Gasteiger partial charge in [-0.15, -0.1) is 0 Å². The number of nitrogens with one attached hydrogen (secondary N) is 1. The topological polar surface area (TPSA) is 21.3 Å². The van der Waals surface area contributed by atoms with Crippen molar-refractivity contribution in [2.45, 2.75) is 111 Å². The van der Waals surface area contributed by atoms with Gasteiger partial charge < -0.3 is 4.74 Å². The maximum Gasteiger partial charge on any atom is 0.122 e. The fourth-order valence-electron chi connectivity index (χ4n) is 10.7. The summed E-state index contributed by atoms with van der Waals surface area (Å²) in [6.07, 6.45) is 15.0. The minimum atomic E-state index is -0.00415. The van der Waals surface area contributed by atoms with Crippen LogP contribution in [-0.4, -0.2) is 18.4 Å². The van der Waals surface area contributed by atoms with Crippen LogP contribution in [0.5, 0.6) is 0 Å². The Bertz CT molecular complexity index is 682. The summed E-state index contributed by atoms with van der Waals surface area (Å²) in [5.41, 5.74) is 1.16. The van der Waals surface area contributed by atoms with E-state index in [2.05, 4.69) is 39.9 Å². The Balaban J connectivity index is 1.26. The number of ether oxygens (including phenoxy) is 1. The SMILES string of the molecule is C[C@H]1CC[C@]2(NC1)O[C@H]1C[C@H]3[C@@H]4CC[C@H]5C[C@@H](C)CC[C@]5(C)[C@H]4CC[C@]3(C)[C@H]1[C@@H]2C. The van der Waals surface area contributed by atoms with Gasteiger partial charge in [-0.25, -0.2) is 0 Å². The van der Waals surface area contributed by atoms with Crippen LogP contribution >= 0.6 is 0 Å². The lowest BCUT2D eigenvalue weighted by molar-refractivity contribution is -0.135. The van der Waals surface area contributed by atoms with Crippen molar-refractivity contribution >= 4 is 0 Å². The van der Waals surface area contributed by atoms with Crippen molar-refractivity contribution in [3.8, 4) is 0 Å². The second kappa shape index (κ2) is 6.72. The van der Waals surface area contributed by atoms with Crippen molar-refractivity contribution in [2.24, 2.45) is 58.2 Å². The van der Waals surface area contributed by atoms with E-state index in [0.717, 1.165) is 48.0 Å². The lowest BCUT2D eigenvalue weighted by Gasteiger charge is -2.61. The van der Waals surface area contributed by atoms with Gasteiger partial charge in [-0.3, -0.25) is 5.32 Å². The molecule has 1 N–H and O–H groups in total. The van der Waals surface area contributed by atoms with E-state index in [1.807, 2.05) is 0 Å². The van der Waals surface area contributed by atoms with Gasteiger partial charge in [0.2, 0.25) is 0 Å². The zero-order valence-corrected chi connectivity index (χ0v) is 20.4. The third-order valence-corrected chi connectivity index (χ3v) is 12.4. The molecule has 6 rings (SSSR count). The zero-order chi connectivity index (χ0) is 20.9. The summed E-state index contributed by atoms with van der Waals surface area (Å²) in [6, 6.07) is 0. The van der Waals surface area contributed by atoms with Crippen molar-refractivity contribution in [1.29, 1.82) is 0 Å². The molecule has 1 spiro atoms. The largest absolute Gasteiger partial charge is 0.357 e. The molecule has 2 saturated heterocycles. The summed E-state index contributed by atoms with van der Waals surface area (Å²) < 4.78 is 7.05. The fraction of sp³-hybridized carbons (Fsp3) is 1.00. The molecule has 2 heteroatoms. The molecule has 0 bridgehead atoms. The summed E-state index contributed by atoms with van der Waals surface area (Å²) in [5.74, 6) is 7.14. The Morgan fingerprint density at radius 2 is 1.53 bits per heavy atom. The summed E-state index contributed by atoms with van der Waals surface area (Å²) in [4.78, 5) is 0. The maximum absolute atomic E-state index is 7.05. The highest BCUT2D eigenvalue weighted by atomic mass is 16.5. The number of hydrogen-bond acceptors (Lipinski definition) is 2. The van der Waals surface area contributed by atoms with Crippen molar-refractivity contribution in [3.05, 3.63) is 0 Å². The predicted molar refractivity (Wildman–Crippen MR) is 123 cm³/mol. The quantitative estimate of drug-likeness (QED) is 0.480. The van der Waals surface area contributed by atoms with E-state index >= 15 is 0 Å². The van der Waals surface area contributed by atoms with Gasteiger partial charge in [-0.05, 0) is 110 Å². The van der Waals surface area contributed by atoms with E-state index in [0.29, 0.717) is 22.9 Å². The summed E-state index contributed by atoms with van der Waals surface area (Å²) >= 11 is 0. The molecular formula is C28H47NO. The van der Waals surface area contributed by atoms with Crippen molar-refractivity contribution in [3.63, 3.8) is 0 Å². The first-order valence-corrected chi connectivity index (χ1v) is 13.7. The van der Waals surface area contributed by atoms with Gasteiger partial charge in [0.1, 0.15) is 5.72 Å². The predicted octanol–water partition coefficient (Wildman–Crippen LogP) is 6.64. The molecular weight excluding hydrogens is 366 g/mol. The van der Waals surface area contributed by atoms with Gasteiger partial charge >= 0.3 is 0 Å². The molecule has 6 aliphatic rings. The van der Waals surface area contributed by atoms with Gasteiger partial charge in [-0.2, -0.15) is 0 Å². The van der Waals surface area contributed by atoms with E-state index in [9.17, 15) is 0 Å². The smallest absolute Gasteiger partial charge is 0.122 e. The van der Waals surface area contributed by atoms with Crippen LogP contribution < -0.4 is 5.32 Å². The molecule has 2 aliphatic heterocycles. The average molecular weight is 414 g/mol. The Morgan fingerprint density at radius 3 is 2.30 bits per heavy atom. The van der Waals surface area contributed by atoms with E-state index in [1.165, 1.54) is 64.2 Å². The van der Waals surface area contributed by atoms with E-state index in [4.69, 9.17) is 4.74 Å². The molecule has 0 unspecified atom stereocenters. The van der Waals surface area contributed by atoms with Gasteiger partial charge in [0, 0.05) is 12.5 Å². The molecule has 30 heavy (non-hydrogen) atoms. The first-order valence-electron chi connectivity index (χ1n) is 13.7. The minimum Gasteiger partial charge on any atom is -0.357 e. The molecule has 0 aromatic heterocycles. The van der Waals surface area contributed by atoms with Crippen LogP contribution in [0, 0.1) is 58.2 Å². The van der Waals surface area contributed by atoms with Gasteiger partial charge in [-0.1, -0.05) is 41.0 Å². The summed E-state index contributed by atoms with van der Waals surface area (Å²) in [6.45, 7) is 14.0. The second-order valence-electron chi connectivity index (χ2n) is 13.7. The number of hydrogen-bond donors (Lipinski definition) is 1. The van der Waals surface area contributed by atoms with E-state index < -0.39 is 0 Å². The van der Waals surface area contributed by atoms with Crippen molar-refractivity contribution in [1.82, 2.24) is 5.32 Å².